The molecule has 0 spiro atoms. The van der Waals surface area contributed by atoms with E-state index in [1.54, 1.807) is 12.1 Å². The standard InChI is InChI=1S/C15H12FIN2OS/c16-10-6-7-12(11(17)8-10)19-15(20)13(14(18)21)9-4-2-1-3-5-9/h1-8,13H,(H2,18,21)(H,19,20). The fourth-order valence-electron chi connectivity index (χ4n) is 1.89. The average molecular weight is 414 g/mol. The summed E-state index contributed by atoms with van der Waals surface area (Å²) in [5.41, 5.74) is 6.94. The summed E-state index contributed by atoms with van der Waals surface area (Å²) in [5.74, 6) is -1.41. The molecule has 0 saturated heterocycles. The SMILES string of the molecule is NC(=S)C(C(=O)Nc1ccc(F)cc1I)c1ccccc1. The van der Waals surface area contributed by atoms with E-state index >= 15 is 0 Å². The normalized spacial score (nSPS) is 11.7. The van der Waals surface area contributed by atoms with Crippen molar-refractivity contribution in [3.05, 3.63) is 63.5 Å². The Morgan fingerprint density at radius 2 is 1.90 bits per heavy atom. The molecule has 1 unspecified atom stereocenters. The second-order valence-corrected chi connectivity index (χ2v) is 5.99. The maximum absolute atomic E-state index is 13.1. The maximum Gasteiger partial charge on any atom is 0.238 e. The van der Waals surface area contributed by atoms with Crippen molar-refractivity contribution < 1.29 is 9.18 Å². The zero-order valence-corrected chi connectivity index (χ0v) is 13.8. The highest BCUT2D eigenvalue weighted by molar-refractivity contribution is 14.1. The molecule has 2 aromatic rings. The number of nitrogens with two attached hydrogens (primary N) is 1. The van der Waals surface area contributed by atoms with Gasteiger partial charge in [0.15, 0.2) is 0 Å². The summed E-state index contributed by atoms with van der Waals surface area (Å²) in [5, 5.41) is 2.74. The highest BCUT2D eigenvalue weighted by atomic mass is 127. The third kappa shape index (κ3) is 3.98. The Kier molecular flexibility index (Phi) is 5.24. The number of nitrogens with one attached hydrogen (secondary N) is 1. The van der Waals surface area contributed by atoms with Gasteiger partial charge in [-0.3, -0.25) is 4.79 Å². The first-order valence-corrected chi connectivity index (χ1v) is 7.58. The number of carbonyl (C=O) groups excluding carboxylic acids is 1. The molecular formula is C15H12FIN2OS. The van der Waals surface area contributed by atoms with Crippen LogP contribution in [0.25, 0.3) is 0 Å². The molecule has 3 nitrogen and oxygen atoms in total. The first-order valence-electron chi connectivity index (χ1n) is 6.09. The number of carbonyl (C=O) groups is 1. The van der Waals surface area contributed by atoms with Gasteiger partial charge in [0.05, 0.1) is 10.7 Å². The second-order valence-electron chi connectivity index (χ2n) is 4.36. The lowest BCUT2D eigenvalue weighted by Crippen LogP contribution is -2.31. The van der Waals surface area contributed by atoms with E-state index in [1.807, 2.05) is 40.8 Å². The van der Waals surface area contributed by atoms with Crippen LogP contribution in [0.3, 0.4) is 0 Å². The molecule has 0 radical (unpaired) electrons. The number of hydrogen-bond acceptors (Lipinski definition) is 2. The number of halogens is 2. The molecule has 0 aromatic heterocycles. The van der Waals surface area contributed by atoms with E-state index in [1.165, 1.54) is 18.2 Å². The van der Waals surface area contributed by atoms with Crippen molar-refractivity contribution >= 4 is 51.4 Å². The minimum atomic E-state index is -0.720. The molecule has 1 amide bonds. The molecule has 0 heterocycles. The summed E-state index contributed by atoms with van der Waals surface area (Å²) >= 11 is 6.96. The predicted molar refractivity (Wildman–Crippen MR) is 93.7 cm³/mol. The summed E-state index contributed by atoms with van der Waals surface area (Å²) in [4.78, 5) is 12.5. The summed E-state index contributed by atoms with van der Waals surface area (Å²) in [6.45, 7) is 0. The second kappa shape index (κ2) is 6.95. The van der Waals surface area contributed by atoms with Crippen molar-refractivity contribution in [1.82, 2.24) is 0 Å². The van der Waals surface area contributed by atoms with E-state index in [0.717, 1.165) is 5.56 Å². The molecule has 21 heavy (non-hydrogen) atoms. The molecule has 0 fully saturated rings. The Morgan fingerprint density at radius 3 is 2.48 bits per heavy atom. The quantitative estimate of drug-likeness (QED) is 0.596. The topological polar surface area (TPSA) is 55.1 Å². The fourth-order valence-corrected chi connectivity index (χ4v) is 2.74. The number of amides is 1. The van der Waals surface area contributed by atoms with Gasteiger partial charge in [0.25, 0.3) is 0 Å². The van der Waals surface area contributed by atoms with Crippen LogP contribution in [0.2, 0.25) is 0 Å². The zero-order valence-electron chi connectivity index (χ0n) is 10.8. The van der Waals surface area contributed by atoms with Crippen LogP contribution in [0, 0.1) is 9.39 Å². The predicted octanol–water partition coefficient (Wildman–Crippen LogP) is 3.44. The van der Waals surface area contributed by atoms with Gasteiger partial charge in [-0.25, -0.2) is 4.39 Å². The van der Waals surface area contributed by atoms with E-state index in [9.17, 15) is 9.18 Å². The molecule has 0 aliphatic rings. The van der Waals surface area contributed by atoms with Crippen molar-refractivity contribution in [1.29, 1.82) is 0 Å². The van der Waals surface area contributed by atoms with Gasteiger partial charge in [-0.15, -0.1) is 0 Å². The van der Waals surface area contributed by atoms with Gasteiger partial charge in [0.1, 0.15) is 11.7 Å². The molecule has 1 atom stereocenters. The number of hydrogen-bond donors (Lipinski definition) is 2. The Labute approximate surface area is 140 Å². The number of anilines is 1. The molecule has 0 aliphatic heterocycles. The number of benzene rings is 2. The van der Waals surface area contributed by atoms with E-state index in [0.29, 0.717) is 9.26 Å². The van der Waals surface area contributed by atoms with Crippen LogP contribution in [-0.4, -0.2) is 10.9 Å². The van der Waals surface area contributed by atoms with Crippen LogP contribution in [-0.2, 0) is 4.79 Å². The molecular weight excluding hydrogens is 402 g/mol. The highest BCUT2D eigenvalue weighted by Gasteiger charge is 2.24. The minimum absolute atomic E-state index is 0.0934. The Balaban J connectivity index is 2.26. The lowest BCUT2D eigenvalue weighted by Gasteiger charge is -2.16. The summed E-state index contributed by atoms with van der Waals surface area (Å²) in [6, 6.07) is 13.2. The Morgan fingerprint density at radius 1 is 1.24 bits per heavy atom. The van der Waals surface area contributed by atoms with Crippen LogP contribution in [0.1, 0.15) is 11.5 Å². The fraction of sp³-hybridized carbons (Fsp3) is 0.0667. The zero-order chi connectivity index (χ0) is 15.4. The average Bonchev–Trinajstić information content (AvgIpc) is 2.43. The smallest absolute Gasteiger partial charge is 0.238 e. The van der Waals surface area contributed by atoms with E-state index in [4.69, 9.17) is 18.0 Å². The van der Waals surface area contributed by atoms with Crippen LogP contribution in [0.15, 0.2) is 48.5 Å². The van der Waals surface area contributed by atoms with Crippen molar-refractivity contribution in [3.63, 3.8) is 0 Å². The van der Waals surface area contributed by atoms with Crippen LogP contribution in [0.4, 0.5) is 10.1 Å². The van der Waals surface area contributed by atoms with Crippen molar-refractivity contribution in [2.24, 2.45) is 5.73 Å². The molecule has 0 bridgehead atoms. The van der Waals surface area contributed by atoms with Gasteiger partial charge < -0.3 is 11.1 Å². The molecule has 2 rings (SSSR count). The van der Waals surface area contributed by atoms with Crippen molar-refractivity contribution in [2.75, 3.05) is 5.32 Å². The number of rotatable bonds is 4. The largest absolute Gasteiger partial charge is 0.392 e. The molecule has 6 heteroatoms. The van der Waals surface area contributed by atoms with Crippen molar-refractivity contribution in [3.8, 4) is 0 Å². The Hall–Kier alpha value is -1.54. The summed E-state index contributed by atoms with van der Waals surface area (Å²) in [7, 11) is 0. The lowest BCUT2D eigenvalue weighted by atomic mass is 9.98. The lowest BCUT2D eigenvalue weighted by molar-refractivity contribution is -0.116. The van der Waals surface area contributed by atoms with Gasteiger partial charge in [0.2, 0.25) is 5.91 Å². The van der Waals surface area contributed by atoms with Crippen LogP contribution in [0.5, 0.6) is 0 Å². The molecule has 0 aliphatic carbocycles. The first kappa shape index (κ1) is 15.8. The third-order valence-electron chi connectivity index (χ3n) is 2.87. The minimum Gasteiger partial charge on any atom is -0.392 e. The summed E-state index contributed by atoms with van der Waals surface area (Å²) in [6.07, 6.45) is 0. The van der Waals surface area contributed by atoms with Crippen LogP contribution >= 0.6 is 34.8 Å². The van der Waals surface area contributed by atoms with Gasteiger partial charge in [-0.1, -0.05) is 42.5 Å². The first-order chi connectivity index (χ1) is 9.99. The van der Waals surface area contributed by atoms with Gasteiger partial charge in [0, 0.05) is 3.57 Å². The van der Waals surface area contributed by atoms with Crippen LogP contribution < -0.4 is 11.1 Å². The monoisotopic (exact) mass is 414 g/mol. The van der Waals surface area contributed by atoms with Gasteiger partial charge >= 0.3 is 0 Å². The molecule has 2 aromatic carbocycles. The van der Waals surface area contributed by atoms with E-state index in [-0.39, 0.29) is 16.7 Å². The molecule has 3 N–H and O–H groups in total. The highest BCUT2D eigenvalue weighted by Crippen LogP contribution is 2.23. The maximum atomic E-state index is 13.1. The van der Waals surface area contributed by atoms with Gasteiger partial charge in [-0.05, 0) is 46.4 Å². The van der Waals surface area contributed by atoms with Crippen molar-refractivity contribution in [2.45, 2.75) is 5.92 Å². The third-order valence-corrected chi connectivity index (χ3v) is 4.00. The summed E-state index contributed by atoms with van der Waals surface area (Å²) < 4.78 is 13.7. The van der Waals surface area contributed by atoms with E-state index < -0.39 is 5.92 Å². The Bertz CT molecular complexity index is 679. The van der Waals surface area contributed by atoms with E-state index in [2.05, 4.69) is 5.32 Å². The van der Waals surface area contributed by atoms with Gasteiger partial charge in [-0.2, -0.15) is 0 Å². The number of thiocarbonyl (C=S) groups is 1. The molecule has 108 valence electrons. The molecule has 0 saturated carbocycles.